The highest BCUT2D eigenvalue weighted by Gasteiger charge is 2.23. The number of hydrogen-bond donors (Lipinski definition) is 2. The SMILES string of the molecule is COc1ccccc1C[n+]1c(C(C)O)[nH]c2ccccc21. The maximum absolute atomic E-state index is 10.0. The standard InChI is InChI=1S/C17H18N2O2/c1-12(20)17-18-14-8-4-5-9-15(14)19(17)11-13-7-3-6-10-16(13)21-2/h3-10,12,20H,11H2,1-2H3/p+1. The zero-order valence-electron chi connectivity index (χ0n) is 12.2. The minimum atomic E-state index is -0.563. The van der Waals surface area contributed by atoms with Crippen LogP contribution in [-0.2, 0) is 6.54 Å². The van der Waals surface area contributed by atoms with E-state index in [-0.39, 0.29) is 0 Å². The number of aromatic amines is 1. The average molecular weight is 283 g/mol. The maximum atomic E-state index is 10.0. The predicted molar refractivity (Wildman–Crippen MR) is 81.2 cm³/mol. The van der Waals surface area contributed by atoms with E-state index in [0.717, 1.165) is 28.2 Å². The molecule has 0 saturated heterocycles. The molecule has 1 aromatic heterocycles. The molecule has 0 bridgehead atoms. The van der Waals surface area contributed by atoms with Gasteiger partial charge in [0.15, 0.2) is 17.1 Å². The van der Waals surface area contributed by atoms with Gasteiger partial charge in [0.05, 0.1) is 7.11 Å². The Morgan fingerprint density at radius 2 is 1.86 bits per heavy atom. The first-order chi connectivity index (χ1) is 10.2. The van der Waals surface area contributed by atoms with Gasteiger partial charge in [-0.05, 0) is 25.1 Å². The third-order valence-electron chi connectivity index (χ3n) is 3.67. The third kappa shape index (κ3) is 2.50. The number of fused-ring (bicyclic) bond motifs is 1. The van der Waals surface area contributed by atoms with Gasteiger partial charge in [-0.15, -0.1) is 0 Å². The van der Waals surface area contributed by atoms with Crippen molar-refractivity contribution >= 4 is 11.0 Å². The van der Waals surface area contributed by atoms with Crippen molar-refractivity contribution in [1.82, 2.24) is 4.98 Å². The van der Waals surface area contributed by atoms with Gasteiger partial charge >= 0.3 is 0 Å². The molecule has 4 nitrogen and oxygen atoms in total. The lowest BCUT2D eigenvalue weighted by Crippen LogP contribution is -2.38. The lowest BCUT2D eigenvalue weighted by atomic mass is 10.2. The molecule has 4 heteroatoms. The van der Waals surface area contributed by atoms with Gasteiger partial charge in [-0.2, -0.15) is 0 Å². The van der Waals surface area contributed by atoms with E-state index in [9.17, 15) is 5.11 Å². The highest BCUT2D eigenvalue weighted by molar-refractivity contribution is 5.71. The molecule has 0 aliphatic rings. The monoisotopic (exact) mass is 283 g/mol. The van der Waals surface area contributed by atoms with Crippen molar-refractivity contribution in [3.63, 3.8) is 0 Å². The van der Waals surface area contributed by atoms with Crippen molar-refractivity contribution in [3.05, 3.63) is 59.9 Å². The lowest BCUT2D eigenvalue weighted by molar-refractivity contribution is -0.673. The number of H-pyrrole nitrogens is 1. The van der Waals surface area contributed by atoms with Crippen LogP contribution in [-0.4, -0.2) is 17.2 Å². The number of nitrogens with zero attached hydrogens (tertiary/aromatic N) is 1. The summed E-state index contributed by atoms with van der Waals surface area (Å²) in [6, 6.07) is 16.0. The van der Waals surface area contributed by atoms with Gasteiger partial charge < -0.3 is 9.84 Å². The number of nitrogens with one attached hydrogen (secondary N) is 1. The Labute approximate surface area is 123 Å². The Hall–Kier alpha value is -2.33. The van der Waals surface area contributed by atoms with Gasteiger partial charge in [0.25, 0.3) is 5.82 Å². The predicted octanol–water partition coefficient (Wildman–Crippen LogP) is 2.57. The van der Waals surface area contributed by atoms with Gasteiger partial charge in [-0.3, -0.25) is 0 Å². The molecule has 0 aliphatic heterocycles. The van der Waals surface area contributed by atoms with E-state index >= 15 is 0 Å². The van der Waals surface area contributed by atoms with E-state index in [2.05, 4.69) is 9.55 Å². The van der Waals surface area contributed by atoms with E-state index in [1.165, 1.54) is 0 Å². The molecule has 3 rings (SSSR count). The zero-order chi connectivity index (χ0) is 14.8. The average Bonchev–Trinajstić information content (AvgIpc) is 2.87. The van der Waals surface area contributed by atoms with Gasteiger partial charge in [-0.1, -0.05) is 30.3 Å². The van der Waals surface area contributed by atoms with Crippen molar-refractivity contribution < 1.29 is 14.4 Å². The quantitative estimate of drug-likeness (QED) is 0.723. The minimum absolute atomic E-state index is 0.563. The number of imidazole rings is 1. The molecule has 1 unspecified atom stereocenters. The van der Waals surface area contributed by atoms with Crippen LogP contribution in [0.2, 0.25) is 0 Å². The van der Waals surface area contributed by atoms with Gasteiger partial charge in [0.1, 0.15) is 12.3 Å². The first-order valence-corrected chi connectivity index (χ1v) is 7.01. The summed E-state index contributed by atoms with van der Waals surface area (Å²) < 4.78 is 7.52. The molecule has 1 atom stereocenters. The topological polar surface area (TPSA) is 49.1 Å². The van der Waals surface area contributed by atoms with Crippen molar-refractivity contribution in [2.45, 2.75) is 19.6 Å². The van der Waals surface area contributed by atoms with Crippen molar-refractivity contribution in [2.24, 2.45) is 0 Å². The summed E-state index contributed by atoms with van der Waals surface area (Å²) in [6.07, 6.45) is -0.563. The zero-order valence-corrected chi connectivity index (χ0v) is 12.2. The number of rotatable bonds is 4. The van der Waals surface area contributed by atoms with E-state index < -0.39 is 6.10 Å². The van der Waals surface area contributed by atoms with Crippen LogP contribution in [0.25, 0.3) is 11.0 Å². The summed E-state index contributed by atoms with van der Waals surface area (Å²) in [5.74, 6) is 1.65. The van der Waals surface area contributed by atoms with Crippen LogP contribution < -0.4 is 9.30 Å². The number of para-hydroxylation sites is 3. The highest BCUT2D eigenvalue weighted by atomic mass is 16.5. The molecular formula is C17H19N2O2+. The molecule has 0 amide bonds. The van der Waals surface area contributed by atoms with Crippen molar-refractivity contribution in [3.8, 4) is 5.75 Å². The molecular weight excluding hydrogens is 264 g/mol. The van der Waals surface area contributed by atoms with Crippen LogP contribution >= 0.6 is 0 Å². The molecule has 2 aromatic carbocycles. The summed E-state index contributed by atoms with van der Waals surface area (Å²) in [4.78, 5) is 3.29. The summed E-state index contributed by atoms with van der Waals surface area (Å²) in [5, 5.41) is 10.0. The second kappa shape index (κ2) is 5.58. The Balaban J connectivity index is 2.13. The maximum Gasteiger partial charge on any atom is 0.284 e. The smallest absolute Gasteiger partial charge is 0.284 e. The second-order valence-corrected chi connectivity index (χ2v) is 5.10. The number of methoxy groups -OCH3 is 1. The summed E-state index contributed by atoms with van der Waals surface area (Å²) in [7, 11) is 1.67. The fraction of sp³-hybridized carbons (Fsp3) is 0.235. The number of ether oxygens (including phenoxy) is 1. The molecule has 2 N–H and O–H groups in total. The van der Waals surface area contributed by atoms with Crippen molar-refractivity contribution in [1.29, 1.82) is 0 Å². The molecule has 3 aromatic rings. The van der Waals surface area contributed by atoms with E-state index in [1.807, 2.05) is 48.5 Å². The van der Waals surface area contributed by atoms with Gasteiger partial charge in [-0.25, -0.2) is 9.55 Å². The molecule has 0 fully saturated rings. The molecule has 21 heavy (non-hydrogen) atoms. The molecule has 1 heterocycles. The Kier molecular flexibility index (Phi) is 3.62. The van der Waals surface area contributed by atoms with Crippen molar-refractivity contribution in [2.75, 3.05) is 7.11 Å². The summed E-state index contributed by atoms with van der Waals surface area (Å²) in [6.45, 7) is 2.41. The van der Waals surface area contributed by atoms with Crippen LogP contribution in [0, 0.1) is 0 Å². The summed E-state index contributed by atoms with van der Waals surface area (Å²) >= 11 is 0. The third-order valence-corrected chi connectivity index (χ3v) is 3.67. The Morgan fingerprint density at radius 3 is 2.62 bits per heavy atom. The normalized spacial score (nSPS) is 12.5. The van der Waals surface area contributed by atoms with Crippen LogP contribution in [0.1, 0.15) is 24.4 Å². The Morgan fingerprint density at radius 1 is 1.14 bits per heavy atom. The van der Waals surface area contributed by atoms with Crippen LogP contribution in [0.3, 0.4) is 0 Å². The molecule has 0 saturated carbocycles. The van der Waals surface area contributed by atoms with Crippen LogP contribution in [0.15, 0.2) is 48.5 Å². The second-order valence-electron chi connectivity index (χ2n) is 5.10. The summed E-state index contributed by atoms with van der Waals surface area (Å²) in [5.41, 5.74) is 3.17. The number of aromatic nitrogens is 2. The van der Waals surface area contributed by atoms with E-state index in [1.54, 1.807) is 14.0 Å². The fourth-order valence-electron chi connectivity index (χ4n) is 2.65. The molecule has 0 radical (unpaired) electrons. The van der Waals surface area contributed by atoms with E-state index in [0.29, 0.717) is 6.54 Å². The molecule has 0 spiro atoms. The van der Waals surface area contributed by atoms with Gasteiger partial charge in [0, 0.05) is 5.56 Å². The largest absolute Gasteiger partial charge is 0.496 e. The number of aliphatic hydroxyl groups excluding tert-OH is 1. The van der Waals surface area contributed by atoms with Gasteiger partial charge in [0.2, 0.25) is 0 Å². The van der Waals surface area contributed by atoms with Crippen LogP contribution in [0.4, 0.5) is 0 Å². The highest BCUT2D eigenvalue weighted by Crippen LogP contribution is 2.20. The fourth-order valence-corrected chi connectivity index (χ4v) is 2.65. The number of aliphatic hydroxyl groups is 1. The Bertz CT molecular complexity index is 762. The number of hydrogen-bond acceptors (Lipinski definition) is 2. The number of benzene rings is 2. The minimum Gasteiger partial charge on any atom is -0.496 e. The lowest BCUT2D eigenvalue weighted by Gasteiger charge is -2.08. The first-order valence-electron chi connectivity index (χ1n) is 7.01. The van der Waals surface area contributed by atoms with Crippen LogP contribution in [0.5, 0.6) is 5.75 Å². The van der Waals surface area contributed by atoms with E-state index in [4.69, 9.17) is 4.74 Å². The molecule has 0 aliphatic carbocycles. The molecule has 108 valence electrons. The first kappa shape index (κ1) is 13.6.